The average molecular weight is 315 g/mol. The Kier molecular flexibility index (Phi) is 5.05. The van der Waals surface area contributed by atoms with Crippen LogP contribution in [-0.4, -0.2) is 27.5 Å². The van der Waals surface area contributed by atoms with E-state index in [1.54, 1.807) is 42.6 Å². The van der Waals surface area contributed by atoms with E-state index in [2.05, 4.69) is 15.8 Å². The summed E-state index contributed by atoms with van der Waals surface area (Å²) < 4.78 is 0. The van der Waals surface area contributed by atoms with Gasteiger partial charge in [-0.1, -0.05) is 6.07 Å². The first kappa shape index (κ1) is 15.5. The van der Waals surface area contributed by atoms with Crippen molar-refractivity contribution >= 4 is 35.2 Å². The fourth-order valence-electron chi connectivity index (χ4n) is 1.61. The van der Waals surface area contributed by atoms with Crippen LogP contribution in [-0.2, 0) is 0 Å². The van der Waals surface area contributed by atoms with Crippen LogP contribution in [0, 0.1) is 0 Å². The maximum atomic E-state index is 10.9. The van der Waals surface area contributed by atoms with E-state index in [4.69, 9.17) is 22.4 Å². The molecule has 2 aromatic carbocycles. The SMILES string of the molecule is O=C(O)c1cccc(NC(=S)NN=Cc2ccc(O)cc2)c1. The summed E-state index contributed by atoms with van der Waals surface area (Å²) in [7, 11) is 0. The zero-order valence-electron chi connectivity index (χ0n) is 11.4. The second-order valence-corrected chi connectivity index (χ2v) is 4.71. The quantitative estimate of drug-likeness (QED) is 0.393. The summed E-state index contributed by atoms with van der Waals surface area (Å²) in [5.41, 5.74) is 4.14. The van der Waals surface area contributed by atoms with Crippen molar-refractivity contribution in [3.63, 3.8) is 0 Å². The number of benzene rings is 2. The van der Waals surface area contributed by atoms with E-state index >= 15 is 0 Å². The lowest BCUT2D eigenvalue weighted by atomic mass is 10.2. The summed E-state index contributed by atoms with van der Waals surface area (Å²) in [5.74, 6) is -0.825. The third kappa shape index (κ3) is 4.57. The van der Waals surface area contributed by atoms with Gasteiger partial charge in [0.15, 0.2) is 5.11 Å². The maximum Gasteiger partial charge on any atom is 0.335 e. The van der Waals surface area contributed by atoms with Gasteiger partial charge >= 0.3 is 5.97 Å². The number of anilines is 1. The van der Waals surface area contributed by atoms with E-state index < -0.39 is 5.97 Å². The van der Waals surface area contributed by atoms with Gasteiger partial charge < -0.3 is 15.5 Å². The molecule has 0 bridgehead atoms. The third-order valence-electron chi connectivity index (χ3n) is 2.64. The maximum absolute atomic E-state index is 10.9. The van der Waals surface area contributed by atoms with Crippen molar-refractivity contribution in [2.75, 3.05) is 5.32 Å². The monoisotopic (exact) mass is 315 g/mol. The van der Waals surface area contributed by atoms with Gasteiger partial charge in [-0.25, -0.2) is 4.79 Å². The molecule has 7 heteroatoms. The summed E-state index contributed by atoms with van der Waals surface area (Å²) in [6.45, 7) is 0. The molecular formula is C15H13N3O3S. The van der Waals surface area contributed by atoms with Crippen LogP contribution in [0.4, 0.5) is 5.69 Å². The Hall–Kier alpha value is -2.93. The second kappa shape index (κ2) is 7.19. The number of carboxylic acid groups (broad SMARTS) is 1. The van der Waals surface area contributed by atoms with Crippen molar-refractivity contribution in [2.24, 2.45) is 5.10 Å². The molecular weight excluding hydrogens is 302 g/mol. The van der Waals surface area contributed by atoms with E-state index in [9.17, 15) is 4.79 Å². The normalized spacial score (nSPS) is 10.4. The van der Waals surface area contributed by atoms with E-state index in [0.717, 1.165) is 5.56 Å². The molecule has 0 spiro atoms. The first-order valence-electron chi connectivity index (χ1n) is 6.27. The van der Waals surface area contributed by atoms with Crippen LogP contribution in [0.15, 0.2) is 53.6 Å². The van der Waals surface area contributed by atoms with Gasteiger partial charge in [-0.2, -0.15) is 5.10 Å². The Morgan fingerprint density at radius 1 is 1.18 bits per heavy atom. The topological polar surface area (TPSA) is 94.0 Å². The van der Waals surface area contributed by atoms with Crippen molar-refractivity contribution in [1.29, 1.82) is 0 Å². The molecule has 0 aliphatic carbocycles. The van der Waals surface area contributed by atoms with Crippen molar-refractivity contribution in [3.8, 4) is 5.75 Å². The van der Waals surface area contributed by atoms with Crippen molar-refractivity contribution < 1.29 is 15.0 Å². The minimum atomic E-state index is -1.01. The van der Waals surface area contributed by atoms with Crippen LogP contribution in [0.3, 0.4) is 0 Å². The molecule has 0 aliphatic rings. The third-order valence-corrected chi connectivity index (χ3v) is 2.83. The van der Waals surface area contributed by atoms with Gasteiger partial charge in [0.25, 0.3) is 0 Å². The molecule has 0 aromatic heterocycles. The summed E-state index contributed by atoms with van der Waals surface area (Å²) >= 11 is 5.06. The molecule has 22 heavy (non-hydrogen) atoms. The first-order chi connectivity index (χ1) is 10.5. The predicted molar refractivity (Wildman–Crippen MR) is 88.5 cm³/mol. The van der Waals surface area contributed by atoms with Gasteiger partial charge in [0.2, 0.25) is 0 Å². The highest BCUT2D eigenvalue weighted by atomic mass is 32.1. The minimum Gasteiger partial charge on any atom is -0.508 e. The fourth-order valence-corrected chi connectivity index (χ4v) is 1.79. The Morgan fingerprint density at radius 2 is 1.91 bits per heavy atom. The lowest BCUT2D eigenvalue weighted by molar-refractivity contribution is 0.0697. The number of aromatic carboxylic acids is 1. The first-order valence-corrected chi connectivity index (χ1v) is 6.68. The number of rotatable bonds is 4. The molecule has 2 aromatic rings. The zero-order chi connectivity index (χ0) is 15.9. The minimum absolute atomic E-state index is 0.167. The van der Waals surface area contributed by atoms with E-state index in [1.165, 1.54) is 12.1 Å². The molecule has 0 aliphatic heterocycles. The van der Waals surface area contributed by atoms with Crippen LogP contribution in [0.1, 0.15) is 15.9 Å². The lowest BCUT2D eigenvalue weighted by Gasteiger charge is -2.07. The highest BCUT2D eigenvalue weighted by Gasteiger charge is 2.03. The fraction of sp³-hybridized carbons (Fsp3) is 0. The largest absolute Gasteiger partial charge is 0.508 e. The van der Waals surface area contributed by atoms with Gasteiger partial charge in [-0.3, -0.25) is 5.43 Å². The molecule has 2 rings (SSSR count). The average Bonchev–Trinajstić information content (AvgIpc) is 2.49. The van der Waals surface area contributed by atoms with Crippen LogP contribution in [0.25, 0.3) is 0 Å². The Bertz CT molecular complexity index is 714. The van der Waals surface area contributed by atoms with Gasteiger partial charge in [0.05, 0.1) is 11.8 Å². The van der Waals surface area contributed by atoms with E-state index in [1.807, 2.05) is 0 Å². The summed E-state index contributed by atoms with van der Waals surface area (Å²) in [6.07, 6.45) is 1.54. The molecule has 0 radical (unpaired) electrons. The highest BCUT2D eigenvalue weighted by Crippen LogP contribution is 2.10. The molecule has 0 amide bonds. The lowest BCUT2D eigenvalue weighted by Crippen LogP contribution is -2.23. The smallest absolute Gasteiger partial charge is 0.335 e. The number of phenolic OH excluding ortho intramolecular Hbond substituents is 1. The molecule has 0 saturated carbocycles. The predicted octanol–water partition coefficient (Wildman–Crippen LogP) is 2.41. The summed E-state index contributed by atoms with van der Waals surface area (Å²) in [4.78, 5) is 10.9. The molecule has 4 N–H and O–H groups in total. The Balaban J connectivity index is 1.91. The van der Waals surface area contributed by atoms with Crippen LogP contribution < -0.4 is 10.7 Å². The summed E-state index contributed by atoms with van der Waals surface area (Å²) in [5, 5.41) is 25.1. The van der Waals surface area contributed by atoms with Crippen molar-refractivity contribution in [1.82, 2.24) is 5.43 Å². The number of aromatic hydroxyl groups is 1. The van der Waals surface area contributed by atoms with Crippen molar-refractivity contribution in [2.45, 2.75) is 0 Å². The number of hydrogen-bond donors (Lipinski definition) is 4. The van der Waals surface area contributed by atoms with Crippen molar-refractivity contribution in [3.05, 3.63) is 59.7 Å². The number of hydrogen-bond acceptors (Lipinski definition) is 4. The van der Waals surface area contributed by atoms with Gasteiger partial charge in [-0.05, 0) is 60.2 Å². The van der Waals surface area contributed by atoms with Crippen LogP contribution in [0.2, 0.25) is 0 Å². The number of phenols is 1. The molecule has 112 valence electrons. The van der Waals surface area contributed by atoms with Crippen LogP contribution in [0.5, 0.6) is 5.75 Å². The number of carboxylic acids is 1. The van der Waals surface area contributed by atoms with Gasteiger partial charge in [0, 0.05) is 5.69 Å². The van der Waals surface area contributed by atoms with Gasteiger partial charge in [-0.15, -0.1) is 0 Å². The standard InChI is InChI=1S/C15H13N3O3S/c19-13-6-4-10(5-7-13)9-16-18-15(22)17-12-3-1-2-11(8-12)14(20)21/h1-9,19H,(H,20,21)(H2,17,18,22). The number of hydrazone groups is 1. The molecule has 6 nitrogen and oxygen atoms in total. The molecule has 0 fully saturated rings. The number of nitrogens with one attached hydrogen (secondary N) is 2. The number of nitrogens with zero attached hydrogens (tertiary/aromatic N) is 1. The summed E-state index contributed by atoms with van der Waals surface area (Å²) in [6, 6.07) is 12.8. The van der Waals surface area contributed by atoms with E-state index in [-0.39, 0.29) is 16.4 Å². The highest BCUT2D eigenvalue weighted by molar-refractivity contribution is 7.80. The molecule has 0 saturated heterocycles. The van der Waals surface area contributed by atoms with E-state index in [0.29, 0.717) is 5.69 Å². The number of thiocarbonyl (C=S) groups is 1. The molecule has 0 heterocycles. The van der Waals surface area contributed by atoms with Gasteiger partial charge in [0.1, 0.15) is 5.75 Å². The molecule has 0 atom stereocenters. The molecule has 0 unspecified atom stereocenters. The Labute approximate surface area is 132 Å². The van der Waals surface area contributed by atoms with Crippen LogP contribution >= 0.6 is 12.2 Å². The number of carbonyl (C=O) groups is 1. The second-order valence-electron chi connectivity index (χ2n) is 4.30. The Morgan fingerprint density at radius 3 is 2.59 bits per heavy atom. The zero-order valence-corrected chi connectivity index (χ0v) is 12.2.